The van der Waals surface area contributed by atoms with E-state index in [1.165, 1.54) is 0 Å². The first-order valence-electron chi connectivity index (χ1n) is 8.42. The number of unbranched alkanes of at least 4 members (excludes halogenated alkanes) is 1. The van der Waals surface area contributed by atoms with Gasteiger partial charge in [-0.15, -0.1) is 0 Å². The number of hydrogen-bond donors (Lipinski definition) is 4. The molecule has 0 saturated carbocycles. The van der Waals surface area contributed by atoms with E-state index < -0.39 is 0 Å². The number of nitrogens with two attached hydrogens (primary N) is 1. The van der Waals surface area contributed by atoms with Gasteiger partial charge < -0.3 is 21.7 Å². The van der Waals surface area contributed by atoms with Crippen LogP contribution in [0.3, 0.4) is 0 Å². The maximum Gasteiger partial charge on any atom is 0.220 e. The molecule has 0 radical (unpaired) electrons. The van der Waals surface area contributed by atoms with E-state index in [2.05, 4.69) is 16.0 Å². The predicted octanol–water partition coefficient (Wildman–Crippen LogP) is 0.821. The van der Waals surface area contributed by atoms with E-state index in [0.29, 0.717) is 30.8 Å². The topological polar surface area (TPSA) is 96.2 Å². The van der Waals surface area contributed by atoms with Crippen LogP contribution < -0.4 is 21.7 Å². The van der Waals surface area contributed by atoms with Gasteiger partial charge in [0.15, 0.2) is 0 Å². The first kappa shape index (κ1) is 22.0. The second kappa shape index (κ2) is 14.1. The Morgan fingerprint density at radius 1 is 1.33 bits per heavy atom. The number of amides is 2. The molecule has 0 aromatic carbocycles. The first-order valence-corrected chi connectivity index (χ1v) is 12.0. The summed E-state index contributed by atoms with van der Waals surface area (Å²) in [6.07, 6.45) is 4.33. The Balaban J connectivity index is 2.06. The van der Waals surface area contributed by atoms with Crippen LogP contribution in [0.25, 0.3) is 0 Å². The molecular weight excluding hydrogens is 364 g/mol. The summed E-state index contributed by atoms with van der Waals surface area (Å²) >= 11 is 1.91. The zero-order valence-corrected chi connectivity index (χ0v) is 16.7. The molecule has 1 aliphatic rings. The Kier molecular flexibility index (Phi) is 12.9. The van der Waals surface area contributed by atoms with E-state index in [4.69, 9.17) is 5.73 Å². The standard InChI is InChI=1S/C15H30N4O2S3/c1-17-12-10-22-13(15(12)19-11-20)4-2-3-5-14(21)18-7-9-24-23-8-6-16/h11-13,15,17H,2-10,16H2,1H3,(H,18,21)(H,19,20)/t12-,13?,15-/m0/s1. The molecule has 0 bridgehead atoms. The largest absolute Gasteiger partial charge is 0.355 e. The summed E-state index contributed by atoms with van der Waals surface area (Å²) in [6, 6.07) is 0.525. The first-order chi connectivity index (χ1) is 11.7. The molecule has 0 spiro atoms. The van der Waals surface area contributed by atoms with Gasteiger partial charge in [0.1, 0.15) is 0 Å². The summed E-state index contributed by atoms with van der Waals surface area (Å²) in [5, 5.41) is 9.59. The second-order valence-corrected chi connectivity index (χ2v) is 9.58. The number of carbonyl (C=O) groups excluding carboxylic acids is 2. The van der Waals surface area contributed by atoms with Crippen molar-refractivity contribution in [3.8, 4) is 0 Å². The molecule has 1 heterocycles. The lowest BCUT2D eigenvalue weighted by atomic mass is 10.0. The van der Waals surface area contributed by atoms with Crippen LogP contribution in [0, 0.1) is 0 Å². The van der Waals surface area contributed by atoms with E-state index in [0.717, 1.165) is 42.9 Å². The molecule has 1 saturated heterocycles. The molecular formula is C15H30N4O2S3. The van der Waals surface area contributed by atoms with Crippen molar-refractivity contribution in [2.45, 2.75) is 43.0 Å². The molecule has 1 aliphatic heterocycles. The van der Waals surface area contributed by atoms with Crippen molar-refractivity contribution in [3.63, 3.8) is 0 Å². The van der Waals surface area contributed by atoms with Gasteiger partial charge in [0.25, 0.3) is 0 Å². The molecule has 0 aliphatic carbocycles. The van der Waals surface area contributed by atoms with Crippen LogP contribution in [0.5, 0.6) is 0 Å². The minimum atomic E-state index is 0.133. The molecule has 0 aromatic rings. The Morgan fingerprint density at radius 3 is 2.83 bits per heavy atom. The van der Waals surface area contributed by atoms with Gasteiger partial charge in [-0.3, -0.25) is 9.59 Å². The summed E-state index contributed by atoms with van der Waals surface area (Å²) in [4.78, 5) is 22.5. The number of carbonyl (C=O) groups is 2. The molecule has 5 N–H and O–H groups in total. The van der Waals surface area contributed by atoms with Crippen molar-refractivity contribution >= 4 is 45.7 Å². The Morgan fingerprint density at radius 2 is 2.12 bits per heavy atom. The second-order valence-electron chi connectivity index (χ2n) is 5.61. The fourth-order valence-corrected chi connectivity index (χ4v) is 6.04. The molecule has 0 aromatic heterocycles. The Hall–Kier alpha value is -0.0900. The van der Waals surface area contributed by atoms with Gasteiger partial charge in [-0.1, -0.05) is 28.0 Å². The number of rotatable bonds is 14. The number of nitrogens with one attached hydrogen (secondary N) is 3. The maximum atomic E-state index is 11.8. The lowest BCUT2D eigenvalue weighted by molar-refractivity contribution is -0.121. The smallest absolute Gasteiger partial charge is 0.220 e. The summed E-state index contributed by atoms with van der Waals surface area (Å²) < 4.78 is 0. The highest BCUT2D eigenvalue weighted by molar-refractivity contribution is 8.76. The highest BCUT2D eigenvalue weighted by atomic mass is 33.1. The van der Waals surface area contributed by atoms with Gasteiger partial charge >= 0.3 is 0 Å². The summed E-state index contributed by atoms with van der Waals surface area (Å²) in [6.45, 7) is 1.41. The van der Waals surface area contributed by atoms with Gasteiger partial charge in [-0.2, -0.15) is 11.8 Å². The molecule has 2 amide bonds. The molecule has 9 heteroatoms. The minimum Gasteiger partial charge on any atom is -0.355 e. The van der Waals surface area contributed by atoms with E-state index >= 15 is 0 Å². The molecule has 1 unspecified atom stereocenters. The van der Waals surface area contributed by atoms with Gasteiger partial charge in [0.2, 0.25) is 12.3 Å². The number of hydrogen-bond acceptors (Lipinski definition) is 7. The van der Waals surface area contributed by atoms with Crippen LogP contribution in [-0.2, 0) is 9.59 Å². The molecule has 1 rings (SSSR count). The van der Waals surface area contributed by atoms with Crippen LogP contribution in [0.1, 0.15) is 25.7 Å². The molecule has 140 valence electrons. The molecule has 1 fully saturated rings. The normalized spacial score (nSPS) is 23.2. The van der Waals surface area contributed by atoms with E-state index in [1.807, 2.05) is 18.8 Å². The van der Waals surface area contributed by atoms with Crippen molar-refractivity contribution in [1.82, 2.24) is 16.0 Å². The lowest BCUT2D eigenvalue weighted by Gasteiger charge is -2.22. The monoisotopic (exact) mass is 394 g/mol. The zero-order valence-electron chi connectivity index (χ0n) is 14.3. The quantitative estimate of drug-likeness (QED) is 0.197. The van der Waals surface area contributed by atoms with Crippen LogP contribution >= 0.6 is 33.3 Å². The molecule has 6 nitrogen and oxygen atoms in total. The van der Waals surface area contributed by atoms with Gasteiger partial charge in [-0.25, -0.2) is 0 Å². The van der Waals surface area contributed by atoms with E-state index in [9.17, 15) is 9.59 Å². The fourth-order valence-electron chi connectivity index (χ4n) is 2.64. The van der Waals surface area contributed by atoms with Gasteiger partial charge in [-0.05, 0) is 19.9 Å². The van der Waals surface area contributed by atoms with E-state index in [1.54, 1.807) is 21.6 Å². The summed E-state index contributed by atoms with van der Waals surface area (Å²) in [7, 11) is 5.43. The van der Waals surface area contributed by atoms with Crippen molar-refractivity contribution in [2.75, 3.05) is 37.4 Å². The third-order valence-corrected chi connectivity index (χ3v) is 7.84. The average Bonchev–Trinajstić information content (AvgIpc) is 2.97. The third-order valence-electron chi connectivity index (χ3n) is 3.89. The van der Waals surface area contributed by atoms with Crippen LogP contribution in [-0.4, -0.2) is 67.0 Å². The highest BCUT2D eigenvalue weighted by Gasteiger charge is 2.35. The number of thioether (sulfide) groups is 1. The van der Waals surface area contributed by atoms with Crippen LogP contribution in [0.15, 0.2) is 0 Å². The molecule has 24 heavy (non-hydrogen) atoms. The lowest BCUT2D eigenvalue weighted by Crippen LogP contribution is -2.48. The molecule has 3 atom stereocenters. The van der Waals surface area contributed by atoms with Crippen molar-refractivity contribution in [3.05, 3.63) is 0 Å². The van der Waals surface area contributed by atoms with Crippen molar-refractivity contribution in [1.29, 1.82) is 0 Å². The van der Waals surface area contributed by atoms with Crippen molar-refractivity contribution < 1.29 is 9.59 Å². The zero-order chi connectivity index (χ0) is 17.6. The van der Waals surface area contributed by atoms with Gasteiger partial charge in [0, 0.05) is 48.1 Å². The maximum absolute atomic E-state index is 11.8. The highest BCUT2D eigenvalue weighted by Crippen LogP contribution is 2.31. The number of likely N-dealkylation sites (N-methyl/N-ethyl adjacent to an activating group) is 1. The average molecular weight is 395 g/mol. The fraction of sp³-hybridized carbons (Fsp3) is 0.867. The SMILES string of the molecule is CN[C@H]1CSC(CCCCC(=O)NCCSSCCN)[C@H]1NC=O. The summed E-state index contributed by atoms with van der Waals surface area (Å²) in [5.74, 6) is 3.02. The Bertz CT molecular complexity index is 364. The predicted molar refractivity (Wildman–Crippen MR) is 108 cm³/mol. The van der Waals surface area contributed by atoms with E-state index in [-0.39, 0.29) is 11.9 Å². The third kappa shape index (κ3) is 8.84. The Labute approximate surface area is 157 Å². The van der Waals surface area contributed by atoms with Crippen LogP contribution in [0.2, 0.25) is 0 Å². The minimum absolute atomic E-state index is 0.133. The summed E-state index contributed by atoms with van der Waals surface area (Å²) in [5.41, 5.74) is 5.42. The van der Waals surface area contributed by atoms with Crippen LogP contribution in [0.4, 0.5) is 0 Å². The van der Waals surface area contributed by atoms with Gasteiger partial charge in [0.05, 0.1) is 6.04 Å². The van der Waals surface area contributed by atoms with Crippen molar-refractivity contribution in [2.24, 2.45) is 5.73 Å².